The molecule has 1 saturated heterocycles. The van der Waals surface area contributed by atoms with Gasteiger partial charge in [0.25, 0.3) is 0 Å². The van der Waals surface area contributed by atoms with Crippen molar-refractivity contribution in [2.24, 2.45) is 0 Å². The van der Waals surface area contributed by atoms with E-state index in [1.807, 2.05) is 30.8 Å². The summed E-state index contributed by atoms with van der Waals surface area (Å²) in [6.07, 6.45) is 2.77. The van der Waals surface area contributed by atoms with Gasteiger partial charge in [0.1, 0.15) is 4.90 Å². The Labute approximate surface area is 176 Å². The third-order valence-electron chi connectivity index (χ3n) is 4.78. The van der Waals surface area contributed by atoms with Crippen LogP contribution < -0.4 is 5.32 Å². The summed E-state index contributed by atoms with van der Waals surface area (Å²) in [7, 11) is -2.37. The first-order valence-corrected chi connectivity index (χ1v) is 12.0. The summed E-state index contributed by atoms with van der Waals surface area (Å²) in [5, 5.41) is 2.82. The van der Waals surface area contributed by atoms with E-state index in [9.17, 15) is 13.2 Å². The molecule has 0 atom stereocenters. The minimum Gasteiger partial charge on any atom is -0.325 e. The van der Waals surface area contributed by atoms with Gasteiger partial charge in [-0.3, -0.25) is 14.7 Å². The number of hydrogen-bond donors (Lipinski definition) is 1. The van der Waals surface area contributed by atoms with Crippen LogP contribution in [-0.4, -0.2) is 66.7 Å². The van der Waals surface area contributed by atoms with Crippen LogP contribution in [0, 0.1) is 6.92 Å². The molecule has 29 heavy (non-hydrogen) atoms. The van der Waals surface area contributed by atoms with E-state index in [0.717, 1.165) is 29.5 Å². The molecule has 156 valence electrons. The van der Waals surface area contributed by atoms with Gasteiger partial charge >= 0.3 is 0 Å². The molecule has 3 rings (SSSR count). The number of anilines is 1. The molecule has 2 heterocycles. The SMILES string of the molecule is Cc1cc(CN2CCSCC2)ccc1NC(=O)CN(C)S(=O)(=O)c1cccnc1. The Hall–Kier alpha value is -1.94. The van der Waals surface area contributed by atoms with Crippen LogP contribution in [0.25, 0.3) is 0 Å². The zero-order valence-corrected chi connectivity index (χ0v) is 18.3. The first-order chi connectivity index (χ1) is 13.9. The van der Waals surface area contributed by atoms with Crippen LogP contribution in [0.2, 0.25) is 0 Å². The molecule has 1 aromatic heterocycles. The Bertz CT molecular complexity index is 945. The number of amides is 1. The second-order valence-corrected chi connectivity index (χ2v) is 10.3. The van der Waals surface area contributed by atoms with Crippen molar-refractivity contribution in [3.63, 3.8) is 0 Å². The molecule has 0 radical (unpaired) electrons. The Morgan fingerprint density at radius 1 is 1.28 bits per heavy atom. The summed E-state index contributed by atoms with van der Waals surface area (Å²) in [6, 6.07) is 8.99. The van der Waals surface area contributed by atoms with Crippen molar-refractivity contribution in [1.82, 2.24) is 14.2 Å². The predicted octanol–water partition coefficient (Wildman–Crippen LogP) is 2.20. The number of nitrogens with one attached hydrogen (secondary N) is 1. The maximum atomic E-state index is 12.5. The third-order valence-corrected chi connectivity index (χ3v) is 7.51. The first-order valence-electron chi connectivity index (χ1n) is 9.42. The van der Waals surface area contributed by atoms with Gasteiger partial charge in [-0.25, -0.2) is 8.42 Å². The molecular weight excluding hydrogens is 408 g/mol. The Morgan fingerprint density at radius 2 is 2.03 bits per heavy atom. The number of carbonyl (C=O) groups excluding carboxylic acids is 1. The highest BCUT2D eigenvalue weighted by atomic mass is 32.2. The number of pyridine rings is 1. The Kier molecular flexibility index (Phi) is 7.28. The fourth-order valence-electron chi connectivity index (χ4n) is 3.14. The highest BCUT2D eigenvalue weighted by molar-refractivity contribution is 7.99. The summed E-state index contributed by atoms with van der Waals surface area (Å²) >= 11 is 1.99. The minimum atomic E-state index is -3.76. The normalized spacial score (nSPS) is 15.4. The van der Waals surface area contributed by atoms with Gasteiger partial charge in [-0.05, 0) is 36.2 Å². The average Bonchev–Trinajstić information content (AvgIpc) is 2.71. The molecule has 0 bridgehead atoms. The van der Waals surface area contributed by atoms with Gasteiger partial charge in [-0.2, -0.15) is 16.1 Å². The monoisotopic (exact) mass is 434 g/mol. The van der Waals surface area contributed by atoms with E-state index in [2.05, 4.69) is 21.3 Å². The van der Waals surface area contributed by atoms with Gasteiger partial charge in [0.2, 0.25) is 15.9 Å². The molecule has 1 aliphatic rings. The summed E-state index contributed by atoms with van der Waals surface area (Å²) < 4.78 is 26.1. The number of likely N-dealkylation sites (N-methyl/N-ethyl adjacent to an activating group) is 1. The number of benzene rings is 1. The smallest absolute Gasteiger partial charge is 0.244 e. The maximum absolute atomic E-state index is 12.5. The second-order valence-electron chi connectivity index (χ2n) is 7.04. The van der Waals surface area contributed by atoms with Crippen LogP contribution in [0.5, 0.6) is 0 Å². The van der Waals surface area contributed by atoms with Crippen molar-refractivity contribution in [2.45, 2.75) is 18.4 Å². The predicted molar refractivity (Wildman–Crippen MR) is 116 cm³/mol. The lowest BCUT2D eigenvalue weighted by Gasteiger charge is -2.26. The van der Waals surface area contributed by atoms with E-state index in [-0.39, 0.29) is 17.3 Å². The zero-order chi connectivity index (χ0) is 20.9. The van der Waals surface area contributed by atoms with Gasteiger partial charge in [-0.1, -0.05) is 12.1 Å². The molecule has 7 nitrogen and oxygen atoms in total. The number of nitrogens with zero attached hydrogens (tertiary/aromatic N) is 3. The van der Waals surface area contributed by atoms with Gasteiger partial charge in [0.05, 0.1) is 6.54 Å². The van der Waals surface area contributed by atoms with Gasteiger partial charge in [-0.15, -0.1) is 0 Å². The van der Waals surface area contributed by atoms with Crippen molar-refractivity contribution in [3.8, 4) is 0 Å². The summed E-state index contributed by atoms with van der Waals surface area (Å²) in [5.74, 6) is 1.95. The number of hydrogen-bond acceptors (Lipinski definition) is 6. The molecule has 1 amide bonds. The first kappa shape index (κ1) is 21.8. The standard InChI is InChI=1S/C20H26N4O3S2/c1-16-12-17(14-24-8-10-28-11-9-24)5-6-19(16)22-20(25)15-23(2)29(26,27)18-4-3-7-21-13-18/h3-7,12-13H,8-11,14-15H2,1-2H3,(H,22,25). The molecule has 2 aromatic rings. The molecular formula is C20H26N4O3S2. The van der Waals surface area contributed by atoms with E-state index < -0.39 is 10.0 Å². The summed E-state index contributed by atoms with van der Waals surface area (Å²) in [6.45, 7) is 4.77. The largest absolute Gasteiger partial charge is 0.325 e. The van der Waals surface area contributed by atoms with Crippen molar-refractivity contribution < 1.29 is 13.2 Å². The Morgan fingerprint density at radius 3 is 2.69 bits per heavy atom. The van der Waals surface area contributed by atoms with E-state index >= 15 is 0 Å². The lowest BCUT2D eigenvalue weighted by molar-refractivity contribution is -0.116. The van der Waals surface area contributed by atoms with Crippen LogP contribution in [0.4, 0.5) is 5.69 Å². The number of aromatic nitrogens is 1. The van der Waals surface area contributed by atoms with Gasteiger partial charge < -0.3 is 5.32 Å². The molecule has 0 aliphatic carbocycles. The average molecular weight is 435 g/mol. The number of rotatable bonds is 7. The number of sulfonamides is 1. The minimum absolute atomic E-state index is 0.0620. The number of carbonyl (C=O) groups is 1. The van der Waals surface area contributed by atoms with E-state index in [1.54, 1.807) is 6.07 Å². The fraction of sp³-hybridized carbons (Fsp3) is 0.400. The molecule has 0 spiro atoms. The maximum Gasteiger partial charge on any atom is 0.244 e. The number of aryl methyl sites for hydroxylation is 1. The quantitative estimate of drug-likeness (QED) is 0.719. The van der Waals surface area contributed by atoms with Crippen molar-refractivity contribution in [3.05, 3.63) is 53.9 Å². The van der Waals surface area contributed by atoms with Crippen LogP contribution in [0.15, 0.2) is 47.6 Å². The van der Waals surface area contributed by atoms with Gasteiger partial charge in [0, 0.05) is 56.3 Å². The number of thioether (sulfide) groups is 1. The highest BCUT2D eigenvalue weighted by Crippen LogP contribution is 2.20. The Balaban J connectivity index is 1.60. The van der Waals surface area contributed by atoms with Crippen LogP contribution in [0.1, 0.15) is 11.1 Å². The molecule has 0 saturated carbocycles. The van der Waals surface area contributed by atoms with Crippen LogP contribution in [-0.2, 0) is 21.4 Å². The molecule has 1 fully saturated rings. The summed E-state index contributed by atoms with van der Waals surface area (Å²) in [5.41, 5.74) is 2.86. The van der Waals surface area contributed by atoms with Crippen molar-refractivity contribution in [2.75, 3.05) is 43.5 Å². The van der Waals surface area contributed by atoms with Crippen molar-refractivity contribution >= 4 is 33.4 Å². The van der Waals surface area contributed by atoms with E-state index in [4.69, 9.17) is 0 Å². The molecule has 1 N–H and O–H groups in total. The second kappa shape index (κ2) is 9.71. The zero-order valence-electron chi connectivity index (χ0n) is 16.7. The molecule has 1 aliphatic heterocycles. The lowest BCUT2D eigenvalue weighted by atomic mass is 10.1. The lowest BCUT2D eigenvalue weighted by Crippen LogP contribution is -2.35. The topological polar surface area (TPSA) is 82.6 Å². The van der Waals surface area contributed by atoms with Gasteiger partial charge in [0.15, 0.2) is 0 Å². The molecule has 0 unspecified atom stereocenters. The van der Waals surface area contributed by atoms with Crippen LogP contribution >= 0.6 is 11.8 Å². The van der Waals surface area contributed by atoms with Crippen molar-refractivity contribution in [1.29, 1.82) is 0 Å². The molecule has 9 heteroatoms. The van der Waals surface area contributed by atoms with E-state index in [1.165, 1.54) is 42.6 Å². The fourth-order valence-corrected chi connectivity index (χ4v) is 5.21. The highest BCUT2D eigenvalue weighted by Gasteiger charge is 2.23. The van der Waals surface area contributed by atoms with E-state index in [0.29, 0.717) is 5.69 Å². The molecule has 1 aromatic carbocycles. The third kappa shape index (κ3) is 5.79. The van der Waals surface area contributed by atoms with Crippen LogP contribution in [0.3, 0.4) is 0 Å². The summed E-state index contributed by atoms with van der Waals surface area (Å²) in [4.78, 5) is 18.7.